The zero-order valence-corrected chi connectivity index (χ0v) is 51.1. The molecule has 2 aromatic heterocycles. The van der Waals surface area contributed by atoms with Crippen LogP contribution in [-0.4, -0.2) is 132 Å². The van der Waals surface area contributed by atoms with E-state index in [4.69, 9.17) is 16.3 Å². The summed E-state index contributed by atoms with van der Waals surface area (Å²) in [6.07, 6.45) is 10.7. The minimum Gasteiger partial charge on any atom is -0.455 e. The highest BCUT2D eigenvalue weighted by molar-refractivity contribution is 7.90. The Labute approximate surface area is 520 Å². The quantitative estimate of drug-likeness (QED) is 0.0193. The Hall–Kier alpha value is -8.91. The fourth-order valence-corrected chi connectivity index (χ4v) is 13.5. The summed E-state index contributed by atoms with van der Waals surface area (Å²) in [5, 5.41) is 19.3. The maximum atomic E-state index is 14.2. The van der Waals surface area contributed by atoms with E-state index < -0.39 is 61.1 Å². The summed E-state index contributed by atoms with van der Waals surface area (Å²) in [4.78, 5) is 104. The van der Waals surface area contributed by atoms with E-state index in [1.54, 1.807) is 36.5 Å². The molecule has 6 aromatic rings. The summed E-state index contributed by atoms with van der Waals surface area (Å²) in [7, 11) is -4.67. The predicted molar refractivity (Wildman–Crippen MR) is 336 cm³/mol. The molecular formula is C66H69ClN10O11S. The Morgan fingerprint density at radius 3 is 2.44 bits per heavy atom. The van der Waals surface area contributed by atoms with Crippen LogP contribution in [0.15, 0.2) is 114 Å². The highest BCUT2D eigenvalue weighted by atomic mass is 35.5. The number of halogens is 1. The van der Waals surface area contributed by atoms with Crippen LogP contribution in [-0.2, 0) is 24.4 Å². The van der Waals surface area contributed by atoms with Gasteiger partial charge in [0.15, 0.2) is 0 Å². The Kier molecular flexibility index (Phi) is 18.3. The number of aromatic nitrogens is 2. The zero-order chi connectivity index (χ0) is 62.6. The summed E-state index contributed by atoms with van der Waals surface area (Å²) in [5.41, 5.74) is 5.88. The van der Waals surface area contributed by atoms with Gasteiger partial charge in [-0.1, -0.05) is 67.5 Å². The zero-order valence-electron chi connectivity index (χ0n) is 49.6. The number of benzene rings is 4. The van der Waals surface area contributed by atoms with Crippen molar-refractivity contribution in [2.24, 2.45) is 11.3 Å². The average Bonchev–Trinajstić information content (AvgIpc) is 1.64. The number of amides is 6. The molecule has 23 heteroatoms. The van der Waals surface area contributed by atoms with Gasteiger partial charge in [-0.2, -0.15) is 0 Å². The third-order valence-electron chi connectivity index (χ3n) is 17.5. The van der Waals surface area contributed by atoms with Crippen LogP contribution in [0, 0.1) is 33.3 Å². The van der Waals surface area contributed by atoms with Crippen molar-refractivity contribution >= 4 is 90.7 Å². The number of aromatic amines is 1. The van der Waals surface area contributed by atoms with Gasteiger partial charge in [-0.25, -0.2) is 18.1 Å². The number of hydrogen-bond acceptors (Lipinski definition) is 15. The number of anilines is 2. The lowest BCUT2D eigenvalue weighted by Gasteiger charge is -2.39. The largest absolute Gasteiger partial charge is 0.455 e. The summed E-state index contributed by atoms with van der Waals surface area (Å²) in [6.45, 7) is 9.81. The van der Waals surface area contributed by atoms with Gasteiger partial charge in [-0.3, -0.25) is 54.0 Å². The Morgan fingerprint density at radius 1 is 0.888 bits per heavy atom. The van der Waals surface area contributed by atoms with Crippen LogP contribution >= 0.6 is 11.6 Å². The third-order valence-corrected chi connectivity index (χ3v) is 19.1. The van der Waals surface area contributed by atoms with Crippen molar-refractivity contribution in [2.75, 3.05) is 62.6 Å². The number of allylic oxidation sites excluding steroid dienone is 1. The summed E-state index contributed by atoms with van der Waals surface area (Å²) in [6, 6.07) is 23.9. The van der Waals surface area contributed by atoms with Crippen molar-refractivity contribution in [1.82, 2.24) is 34.7 Å². The number of imide groups is 2. The van der Waals surface area contributed by atoms with Gasteiger partial charge in [0.2, 0.25) is 17.7 Å². The molecule has 1 aliphatic carbocycles. The first-order valence-electron chi connectivity index (χ1n) is 30.2. The number of nitro groups is 1. The number of unbranched alkanes of at least 4 members (excludes halogenated alkanes) is 3. The second kappa shape index (κ2) is 26.4. The van der Waals surface area contributed by atoms with Crippen molar-refractivity contribution < 1.29 is 46.8 Å². The van der Waals surface area contributed by atoms with E-state index in [1.165, 1.54) is 47.2 Å². The number of nitrogens with one attached hydrogen (secondary N) is 4. The molecule has 0 saturated carbocycles. The number of sulfonamides is 1. The minimum atomic E-state index is -4.67. The first-order valence-corrected chi connectivity index (χ1v) is 32.0. The van der Waals surface area contributed by atoms with E-state index in [0.717, 1.165) is 67.4 Å². The molecule has 89 heavy (non-hydrogen) atoms. The number of pyridine rings is 1. The topological polar surface area (TPSA) is 267 Å². The van der Waals surface area contributed by atoms with Crippen LogP contribution in [0.5, 0.6) is 11.5 Å². The standard InChI is InChI=1S/C66H69ClN10O11S/c1-66(2)27-23-46(53(38-66)43-13-15-47(67)16-14-43)41-73-31-33-74(34-32-73)48-17-19-51(57(36-48)88-49-35-45-24-28-68-61(45)70-40-49)62(80)72-89(86,87)50-18-20-54(56(37-50)77(84)85)69-39-42-25-29-75(30-26-42)59(79)12-7-5-3-4-6-9-44-10-8-11-52-60(44)65(83)76(64(52)82)55-21-22-58(78)71-63(55)81/h8,10-11,13-20,24,28,35-37,40,42,55,69H,3-5,7,12,21-23,25-27,29-34,38-39,41H2,1-2H3,(H,68,70)(H,72,80)(H,71,78,81). The molecule has 1 unspecified atom stereocenters. The molecule has 4 N–H and O–H groups in total. The molecule has 1 atom stereocenters. The first-order chi connectivity index (χ1) is 42.8. The van der Waals surface area contributed by atoms with Gasteiger partial charge in [0.25, 0.3) is 33.4 Å². The molecular weight excluding hydrogens is 1180 g/mol. The number of nitrogens with zero attached hydrogens (tertiary/aromatic N) is 6. The van der Waals surface area contributed by atoms with E-state index in [2.05, 4.69) is 72.9 Å². The third kappa shape index (κ3) is 14.2. The monoisotopic (exact) mass is 1240 g/mol. The van der Waals surface area contributed by atoms with Crippen LogP contribution < -0.4 is 25.0 Å². The molecule has 4 aromatic carbocycles. The molecule has 21 nitrogen and oxygen atoms in total. The van der Waals surface area contributed by atoms with Crippen molar-refractivity contribution in [3.8, 4) is 23.3 Å². The lowest BCUT2D eigenvalue weighted by atomic mass is 9.72. The predicted octanol–water partition coefficient (Wildman–Crippen LogP) is 9.88. The van der Waals surface area contributed by atoms with Crippen molar-refractivity contribution in [1.29, 1.82) is 0 Å². The highest BCUT2D eigenvalue weighted by Gasteiger charge is 2.45. The van der Waals surface area contributed by atoms with E-state index in [9.17, 15) is 47.3 Å². The molecule has 6 amide bonds. The van der Waals surface area contributed by atoms with Crippen molar-refractivity contribution in [2.45, 2.75) is 102 Å². The first kappa shape index (κ1) is 61.7. The van der Waals surface area contributed by atoms with Crippen molar-refractivity contribution in [3.63, 3.8) is 0 Å². The number of rotatable bonds is 19. The number of piperazine rings is 1. The van der Waals surface area contributed by atoms with Crippen LogP contribution in [0.2, 0.25) is 5.02 Å². The molecule has 6 heterocycles. The van der Waals surface area contributed by atoms with Gasteiger partial charge in [0.05, 0.1) is 32.7 Å². The smallest absolute Gasteiger partial charge is 0.293 e. The summed E-state index contributed by atoms with van der Waals surface area (Å²) in [5.74, 6) is 3.25. The van der Waals surface area contributed by atoms with Crippen molar-refractivity contribution in [3.05, 3.63) is 152 Å². The minimum absolute atomic E-state index is 0.0246. The molecule has 462 valence electrons. The second-order valence-electron chi connectivity index (χ2n) is 24.2. The molecule has 0 radical (unpaired) electrons. The Bertz CT molecular complexity index is 4010. The summed E-state index contributed by atoms with van der Waals surface area (Å²) < 4.78 is 36.4. The number of ether oxygens (including phenoxy) is 1. The fourth-order valence-electron chi connectivity index (χ4n) is 12.4. The molecule has 4 aliphatic heterocycles. The molecule has 3 fully saturated rings. The molecule has 0 bridgehead atoms. The van der Waals surface area contributed by atoms with Crippen LogP contribution in [0.1, 0.15) is 133 Å². The number of piperidine rings is 2. The lowest BCUT2D eigenvalue weighted by Crippen LogP contribution is -2.54. The van der Waals surface area contributed by atoms with E-state index in [-0.39, 0.29) is 58.2 Å². The van der Waals surface area contributed by atoms with E-state index in [0.29, 0.717) is 93.2 Å². The average molecular weight is 1250 g/mol. The lowest BCUT2D eigenvalue weighted by molar-refractivity contribution is -0.384. The van der Waals surface area contributed by atoms with Gasteiger partial charge in [-0.05, 0) is 134 Å². The normalized spacial score (nSPS) is 18.1. The van der Waals surface area contributed by atoms with Gasteiger partial charge < -0.3 is 24.8 Å². The van der Waals surface area contributed by atoms with Gasteiger partial charge in [-0.15, -0.1) is 0 Å². The molecule has 11 rings (SSSR count). The Balaban J connectivity index is 0.665. The van der Waals surface area contributed by atoms with Crippen LogP contribution in [0.25, 0.3) is 16.6 Å². The number of carbonyl (C=O) groups is 6. The maximum absolute atomic E-state index is 14.2. The Morgan fingerprint density at radius 2 is 1.67 bits per heavy atom. The SMILES string of the molecule is CC1(C)CCC(CN2CCN(c3ccc(C(=O)NS(=O)(=O)c4ccc(NCC5CCN(C(=O)CCCCCC#Cc6cccc7c6C(=O)N(C6CCC(=O)NC6=O)C7=O)CC5)c([N+](=O)[O-])c4)c(Oc4cnc5[nH]ccc5c4)c3)CC2)=C(c2ccc(Cl)cc2)C1. The molecule has 0 spiro atoms. The van der Waals surface area contributed by atoms with Gasteiger partial charge >= 0.3 is 0 Å². The summed E-state index contributed by atoms with van der Waals surface area (Å²) >= 11 is 6.27. The second-order valence-corrected chi connectivity index (χ2v) is 26.3. The molecule has 5 aliphatic rings. The van der Waals surface area contributed by atoms with E-state index in [1.807, 2.05) is 23.1 Å². The number of carbonyl (C=O) groups excluding carboxylic acids is 6. The number of nitro benzene ring substituents is 1. The number of H-pyrrole nitrogens is 1. The van der Waals surface area contributed by atoms with Crippen LogP contribution in [0.4, 0.5) is 17.1 Å². The number of likely N-dealkylation sites (tertiary alicyclic amines) is 1. The highest BCUT2D eigenvalue weighted by Crippen LogP contribution is 2.44. The number of fused-ring (bicyclic) bond motifs is 2. The van der Waals surface area contributed by atoms with E-state index >= 15 is 0 Å². The van der Waals surface area contributed by atoms with Gasteiger partial charge in [0, 0.05) is 112 Å². The number of hydrogen-bond donors (Lipinski definition) is 4. The maximum Gasteiger partial charge on any atom is 0.293 e. The van der Waals surface area contributed by atoms with Crippen LogP contribution in [0.3, 0.4) is 0 Å². The van der Waals surface area contributed by atoms with Gasteiger partial charge in [0.1, 0.15) is 28.9 Å². The molecule has 3 saturated heterocycles. The fraction of sp³-hybridized carbons (Fsp3) is 0.379.